The van der Waals surface area contributed by atoms with E-state index in [1.165, 1.54) is 36.4 Å². The summed E-state index contributed by atoms with van der Waals surface area (Å²) in [5, 5.41) is 8.22. The number of alkyl halides is 1. The van der Waals surface area contributed by atoms with Crippen LogP contribution in [0.3, 0.4) is 0 Å². The van der Waals surface area contributed by atoms with Crippen molar-refractivity contribution in [2.75, 3.05) is 0 Å². The van der Waals surface area contributed by atoms with E-state index in [1.807, 2.05) is 6.07 Å². The lowest BCUT2D eigenvalue weighted by Gasteiger charge is -2.29. The van der Waals surface area contributed by atoms with Crippen LogP contribution in [0.5, 0.6) is 0 Å². The third-order valence-electron chi connectivity index (χ3n) is 3.02. The number of hydrogen-bond donors (Lipinski definition) is 0. The fourth-order valence-electron chi connectivity index (χ4n) is 2.03. The van der Waals surface area contributed by atoms with E-state index in [4.69, 9.17) is 28.5 Å². The van der Waals surface area contributed by atoms with E-state index >= 15 is 4.39 Å². The zero-order valence-corrected chi connectivity index (χ0v) is 11.7. The summed E-state index contributed by atoms with van der Waals surface area (Å²) >= 11 is 11.6. The van der Waals surface area contributed by atoms with Crippen molar-refractivity contribution in [3.63, 3.8) is 0 Å². The first-order valence-corrected chi connectivity index (χ1v) is 6.51. The minimum atomic E-state index is -2.18. The Bertz CT molecular complexity index is 671. The molecule has 0 saturated heterocycles. The lowest BCUT2D eigenvalue weighted by atomic mass is 9.84. The van der Waals surface area contributed by atoms with Gasteiger partial charge < -0.3 is 0 Å². The molecule has 1 aliphatic rings. The molecular formula is C15H9Cl2F2N. The average Bonchev–Trinajstić information content (AvgIpc) is 2.43. The second-order valence-corrected chi connectivity index (χ2v) is 5.11. The summed E-state index contributed by atoms with van der Waals surface area (Å²) in [6, 6.07) is 5.95. The number of nitriles is 1. The first-order valence-electron chi connectivity index (χ1n) is 5.75. The molecule has 2 rings (SSSR count). The van der Waals surface area contributed by atoms with Gasteiger partial charge in [-0.15, -0.1) is 0 Å². The van der Waals surface area contributed by atoms with Crippen LogP contribution in [0.2, 0.25) is 5.02 Å². The van der Waals surface area contributed by atoms with Gasteiger partial charge in [0.25, 0.3) is 0 Å². The van der Waals surface area contributed by atoms with Gasteiger partial charge in [0.2, 0.25) is 0 Å². The van der Waals surface area contributed by atoms with Crippen LogP contribution in [-0.2, 0) is 5.67 Å². The van der Waals surface area contributed by atoms with Crippen LogP contribution in [0.1, 0.15) is 12.0 Å². The molecule has 0 heterocycles. The van der Waals surface area contributed by atoms with E-state index in [0.717, 1.165) is 0 Å². The smallest absolute Gasteiger partial charge is 0.178 e. The summed E-state index contributed by atoms with van der Waals surface area (Å²) in [5.41, 5.74) is -1.85. The second-order valence-electron chi connectivity index (χ2n) is 4.30. The van der Waals surface area contributed by atoms with Crippen molar-refractivity contribution < 1.29 is 8.78 Å². The van der Waals surface area contributed by atoms with E-state index in [9.17, 15) is 4.39 Å². The highest BCUT2D eigenvalue weighted by atomic mass is 35.5. The lowest BCUT2D eigenvalue weighted by molar-refractivity contribution is 0.218. The minimum absolute atomic E-state index is 0.118. The molecule has 0 aliphatic heterocycles. The van der Waals surface area contributed by atoms with Gasteiger partial charge in [0.1, 0.15) is 5.82 Å². The monoisotopic (exact) mass is 311 g/mol. The lowest BCUT2D eigenvalue weighted by Crippen LogP contribution is -2.25. The van der Waals surface area contributed by atoms with E-state index in [-0.39, 0.29) is 22.0 Å². The Morgan fingerprint density at radius 2 is 2.05 bits per heavy atom. The Balaban J connectivity index is 2.48. The molecule has 0 aromatic heterocycles. The van der Waals surface area contributed by atoms with Crippen LogP contribution in [0.25, 0.3) is 0 Å². The first kappa shape index (κ1) is 14.8. The van der Waals surface area contributed by atoms with Crippen LogP contribution < -0.4 is 0 Å². The third-order valence-corrected chi connectivity index (χ3v) is 3.74. The van der Waals surface area contributed by atoms with Gasteiger partial charge in [0.15, 0.2) is 5.67 Å². The predicted molar refractivity (Wildman–Crippen MR) is 75.6 cm³/mol. The number of rotatable bonds is 2. The van der Waals surface area contributed by atoms with Gasteiger partial charge in [-0.1, -0.05) is 41.4 Å². The molecule has 1 unspecified atom stereocenters. The summed E-state index contributed by atoms with van der Waals surface area (Å²) in [4.78, 5) is 0. The van der Waals surface area contributed by atoms with Crippen molar-refractivity contribution in [2.45, 2.75) is 12.1 Å². The molecule has 5 heteroatoms. The third kappa shape index (κ3) is 2.63. The number of halogens is 4. The van der Waals surface area contributed by atoms with Gasteiger partial charge in [-0.3, -0.25) is 0 Å². The Labute approximate surface area is 125 Å². The molecule has 1 aliphatic carbocycles. The molecule has 0 spiro atoms. The molecule has 0 N–H and O–H groups in total. The van der Waals surface area contributed by atoms with E-state index in [2.05, 4.69) is 0 Å². The number of benzene rings is 1. The summed E-state index contributed by atoms with van der Waals surface area (Å²) in [6.07, 6.45) is 5.50. The Morgan fingerprint density at radius 3 is 2.75 bits per heavy atom. The van der Waals surface area contributed by atoms with Crippen molar-refractivity contribution in [2.24, 2.45) is 0 Å². The van der Waals surface area contributed by atoms with Gasteiger partial charge in [-0.25, -0.2) is 8.78 Å². The topological polar surface area (TPSA) is 23.8 Å². The van der Waals surface area contributed by atoms with Crippen LogP contribution >= 0.6 is 23.2 Å². The van der Waals surface area contributed by atoms with Gasteiger partial charge in [-0.2, -0.15) is 5.26 Å². The maximum absolute atomic E-state index is 15.2. The average molecular weight is 312 g/mol. The van der Waals surface area contributed by atoms with Crippen molar-refractivity contribution >= 4 is 23.2 Å². The molecule has 20 heavy (non-hydrogen) atoms. The Hall–Kier alpha value is -1.63. The minimum Gasteiger partial charge on any atom is -0.232 e. The fourth-order valence-corrected chi connectivity index (χ4v) is 2.44. The van der Waals surface area contributed by atoms with Gasteiger partial charge in [-0.05, 0) is 23.8 Å². The van der Waals surface area contributed by atoms with Crippen LogP contribution in [0, 0.1) is 17.1 Å². The summed E-state index contributed by atoms with van der Waals surface area (Å²) < 4.78 is 29.2. The molecule has 0 amide bonds. The van der Waals surface area contributed by atoms with Crippen molar-refractivity contribution in [3.05, 3.63) is 69.5 Å². The number of allylic oxidation sites excluding steroid dienone is 6. The molecule has 1 nitrogen and oxygen atoms in total. The standard InChI is InChI=1S/C15H9Cl2F2N/c16-12-5-1-4-11(14(12)18)15(19)9-10(3-2-8-20)6-7-13(15)17/h1-7H,9H2/b3-2-. The molecule has 0 radical (unpaired) electrons. The first-order chi connectivity index (χ1) is 9.49. The SMILES string of the molecule is N#C/C=C\C1=CC=C(Cl)C(F)(c2cccc(Cl)c2F)C1. The molecule has 0 saturated carbocycles. The summed E-state index contributed by atoms with van der Waals surface area (Å²) in [5.74, 6) is -0.825. The maximum Gasteiger partial charge on any atom is 0.178 e. The van der Waals surface area contributed by atoms with Gasteiger partial charge in [0, 0.05) is 18.1 Å². The van der Waals surface area contributed by atoms with Crippen molar-refractivity contribution in [1.82, 2.24) is 0 Å². The van der Waals surface area contributed by atoms with Crippen molar-refractivity contribution in [1.29, 1.82) is 5.26 Å². The zero-order chi connectivity index (χ0) is 14.8. The predicted octanol–water partition coefficient (Wildman–Crippen LogP) is 5.18. The second kappa shape index (κ2) is 5.78. The maximum atomic E-state index is 15.2. The zero-order valence-electron chi connectivity index (χ0n) is 10.2. The summed E-state index contributed by atoms with van der Waals surface area (Å²) in [6.45, 7) is 0. The van der Waals surface area contributed by atoms with Gasteiger partial charge >= 0.3 is 0 Å². The number of nitrogens with zero attached hydrogens (tertiary/aromatic N) is 1. The van der Waals surface area contributed by atoms with Crippen molar-refractivity contribution in [3.8, 4) is 6.07 Å². The van der Waals surface area contributed by atoms with Gasteiger partial charge in [0.05, 0.1) is 16.1 Å². The molecule has 102 valence electrons. The van der Waals surface area contributed by atoms with E-state index in [0.29, 0.717) is 5.57 Å². The summed E-state index contributed by atoms with van der Waals surface area (Å²) in [7, 11) is 0. The molecule has 1 aromatic carbocycles. The highest BCUT2D eigenvalue weighted by molar-refractivity contribution is 6.31. The van der Waals surface area contributed by atoms with Crippen LogP contribution in [0.4, 0.5) is 8.78 Å². The Morgan fingerprint density at radius 1 is 1.30 bits per heavy atom. The molecule has 0 bridgehead atoms. The molecule has 1 atom stereocenters. The number of hydrogen-bond acceptors (Lipinski definition) is 1. The quantitative estimate of drug-likeness (QED) is 0.691. The molecule has 1 aromatic rings. The normalized spacial score (nSPS) is 22.4. The molecular weight excluding hydrogens is 303 g/mol. The largest absolute Gasteiger partial charge is 0.232 e. The fraction of sp³-hybridized carbons (Fsp3) is 0.133. The highest BCUT2D eigenvalue weighted by Crippen LogP contribution is 2.46. The van der Waals surface area contributed by atoms with Crippen LogP contribution in [0.15, 0.2) is 53.1 Å². The Kier molecular flexibility index (Phi) is 4.27. The van der Waals surface area contributed by atoms with E-state index in [1.54, 1.807) is 6.08 Å². The molecule has 0 fully saturated rings. The van der Waals surface area contributed by atoms with Crippen LogP contribution in [-0.4, -0.2) is 0 Å². The van der Waals surface area contributed by atoms with E-state index < -0.39 is 11.5 Å². The highest BCUT2D eigenvalue weighted by Gasteiger charge is 2.40.